The van der Waals surface area contributed by atoms with Crippen LogP contribution in [0.4, 0.5) is 8.78 Å². The summed E-state index contributed by atoms with van der Waals surface area (Å²) in [6.45, 7) is -0.630. The van der Waals surface area contributed by atoms with Gasteiger partial charge in [-0.1, -0.05) is 0 Å². The maximum absolute atomic E-state index is 12.7. The molecular formula is C9H7ClF2N2O. The molecule has 80 valence electrons. The molecule has 0 bridgehead atoms. The van der Waals surface area contributed by atoms with E-state index in [4.69, 9.17) is 22.0 Å². The van der Waals surface area contributed by atoms with Crippen molar-refractivity contribution in [2.24, 2.45) is 0 Å². The third-order valence-electron chi connectivity index (χ3n) is 1.93. The first-order chi connectivity index (χ1) is 7.15. The molecule has 0 aliphatic carbocycles. The second-order valence-electron chi connectivity index (χ2n) is 2.72. The molecule has 3 nitrogen and oxygen atoms in total. The van der Waals surface area contributed by atoms with Crippen LogP contribution in [-0.2, 0) is 12.5 Å². The molecule has 0 unspecified atom stereocenters. The molecule has 15 heavy (non-hydrogen) atoms. The minimum Gasteiger partial charge on any atom is -0.392 e. The molecule has 0 aliphatic rings. The molecule has 0 radical (unpaired) electrons. The number of alkyl halides is 3. The van der Waals surface area contributed by atoms with E-state index in [-0.39, 0.29) is 22.7 Å². The number of pyridine rings is 1. The third-order valence-corrected chi connectivity index (χ3v) is 2.19. The van der Waals surface area contributed by atoms with E-state index in [1.54, 1.807) is 6.07 Å². The highest BCUT2D eigenvalue weighted by atomic mass is 35.5. The van der Waals surface area contributed by atoms with Gasteiger partial charge < -0.3 is 5.11 Å². The Hall–Kier alpha value is -1.25. The standard InChI is InChI=1S/C9H7ClF2N2O/c10-1-7-8(9(11)12)6(4-15)5(2-13)3-14-7/h3,9,15H,1,4H2. The van der Waals surface area contributed by atoms with Gasteiger partial charge in [-0.15, -0.1) is 11.6 Å². The molecule has 1 N–H and O–H groups in total. The van der Waals surface area contributed by atoms with E-state index in [0.29, 0.717) is 0 Å². The van der Waals surface area contributed by atoms with Gasteiger partial charge in [0, 0.05) is 17.3 Å². The topological polar surface area (TPSA) is 56.9 Å². The summed E-state index contributed by atoms with van der Waals surface area (Å²) in [6.07, 6.45) is -1.67. The Kier molecular flexibility index (Phi) is 3.95. The number of nitriles is 1. The normalized spacial score (nSPS) is 10.4. The van der Waals surface area contributed by atoms with E-state index in [9.17, 15) is 8.78 Å². The zero-order valence-electron chi connectivity index (χ0n) is 7.54. The van der Waals surface area contributed by atoms with Gasteiger partial charge in [-0.2, -0.15) is 5.26 Å². The third kappa shape index (κ3) is 2.22. The second-order valence-corrected chi connectivity index (χ2v) is 2.98. The lowest BCUT2D eigenvalue weighted by molar-refractivity contribution is 0.145. The summed E-state index contributed by atoms with van der Waals surface area (Å²) in [5, 5.41) is 17.6. The first-order valence-electron chi connectivity index (χ1n) is 4.01. The van der Waals surface area contributed by atoms with Crippen LogP contribution < -0.4 is 0 Å². The number of hydrogen-bond acceptors (Lipinski definition) is 3. The predicted molar refractivity (Wildman–Crippen MR) is 49.4 cm³/mol. The Labute approximate surface area is 89.9 Å². The lowest BCUT2D eigenvalue weighted by Gasteiger charge is -2.11. The van der Waals surface area contributed by atoms with Crippen LogP contribution in [0.5, 0.6) is 0 Å². The van der Waals surface area contributed by atoms with E-state index < -0.39 is 18.6 Å². The minimum absolute atomic E-state index is 0.00489. The molecule has 0 fully saturated rings. The molecule has 0 saturated carbocycles. The molecule has 1 rings (SSSR count). The van der Waals surface area contributed by atoms with Gasteiger partial charge in [0.2, 0.25) is 0 Å². The van der Waals surface area contributed by atoms with E-state index >= 15 is 0 Å². The van der Waals surface area contributed by atoms with Gasteiger partial charge in [-0.25, -0.2) is 8.78 Å². The largest absolute Gasteiger partial charge is 0.392 e. The fourth-order valence-electron chi connectivity index (χ4n) is 1.24. The van der Waals surface area contributed by atoms with Crippen molar-refractivity contribution in [3.8, 4) is 6.07 Å². The number of aliphatic hydroxyl groups is 1. The van der Waals surface area contributed by atoms with Crippen LogP contribution in [0.2, 0.25) is 0 Å². The number of nitrogens with zero attached hydrogens (tertiary/aromatic N) is 2. The van der Waals surface area contributed by atoms with E-state index in [1.165, 1.54) is 0 Å². The smallest absolute Gasteiger partial charge is 0.266 e. The van der Waals surface area contributed by atoms with Crippen LogP contribution in [0.25, 0.3) is 0 Å². The fourth-order valence-corrected chi connectivity index (χ4v) is 1.45. The van der Waals surface area contributed by atoms with Gasteiger partial charge in [0.15, 0.2) is 0 Å². The van der Waals surface area contributed by atoms with Gasteiger partial charge >= 0.3 is 0 Å². The molecule has 0 amide bonds. The van der Waals surface area contributed by atoms with Crippen molar-refractivity contribution in [1.82, 2.24) is 4.98 Å². The van der Waals surface area contributed by atoms with Crippen LogP contribution in [0.15, 0.2) is 6.20 Å². The van der Waals surface area contributed by atoms with E-state index in [2.05, 4.69) is 4.98 Å². The van der Waals surface area contributed by atoms with Crippen LogP contribution in [0.3, 0.4) is 0 Å². The monoisotopic (exact) mass is 232 g/mol. The highest BCUT2D eigenvalue weighted by Gasteiger charge is 2.21. The van der Waals surface area contributed by atoms with Crippen molar-refractivity contribution in [3.05, 3.63) is 28.6 Å². The van der Waals surface area contributed by atoms with E-state index in [1.807, 2.05) is 0 Å². The quantitative estimate of drug-likeness (QED) is 0.812. The van der Waals surface area contributed by atoms with Crippen LogP contribution >= 0.6 is 11.6 Å². The van der Waals surface area contributed by atoms with Crippen molar-refractivity contribution in [3.63, 3.8) is 0 Å². The van der Waals surface area contributed by atoms with Crippen LogP contribution in [-0.4, -0.2) is 10.1 Å². The predicted octanol–water partition coefficient (Wildman–Crippen LogP) is 2.12. The Morgan fingerprint density at radius 2 is 2.27 bits per heavy atom. The summed E-state index contributed by atoms with van der Waals surface area (Å²) in [5.41, 5.74) is -0.596. The first-order valence-corrected chi connectivity index (χ1v) is 4.54. The number of aliphatic hydroxyl groups excluding tert-OH is 1. The first kappa shape index (κ1) is 11.8. The maximum Gasteiger partial charge on any atom is 0.266 e. The van der Waals surface area contributed by atoms with E-state index in [0.717, 1.165) is 6.20 Å². The lowest BCUT2D eigenvalue weighted by Crippen LogP contribution is -2.05. The molecule has 0 spiro atoms. The number of aromatic nitrogens is 1. The molecule has 1 aromatic heterocycles. The van der Waals surface area contributed by atoms with Gasteiger partial charge in [-0.05, 0) is 0 Å². The molecule has 6 heteroatoms. The summed E-state index contributed by atoms with van der Waals surface area (Å²) in [7, 11) is 0. The molecule has 0 aliphatic heterocycles. The van der Waals surface area contributed by atoms with Crippen LogP contribution in [0.1, 0.15) is 28.8 Å². The van der Waals surface area contributed by atoms with Crippen molar-refractivity contribution in [2.75, 3.05) is 0 Å². The van der Waals surface area contributed by atoms with Gasteiger partial charge in [0.1, 0.15) is 6.07 Å². The highest BCUT2D eigenvalue weighted by molar-refractivity contribution is 6.17. The molecular weight excluding hydrogens is 226 g/mol. The molecule has 0 saturated heterocycles. The molecule has 1 heterocycles. The maximum atomic E-state index is 12.7. The second kappa shape index (κ2) is 5.01. The zero-order valence-corrected chi connectivity index (χ0v) is 8.30. The average Bonchev–Trinajstić information content (AvgIpc) is 2.26. The Balaban J connectivity index is 3.46. The average molecular weight is 233 g/mol. The van der Waals surface area contributed by atoms with Gasteiger partial charge in [-0.3, -0.25) is 4.98 Å². The summed E-state index contributed by atoms with van der Waals surface area (Å²) < 4.78 is 25.3. The summed E-state index contributed by atoms with van der Waals surface area (Å²) in [6, 6.07) is 1.69. The van der Waals surface area contributed by atoms with Crippen molar-refractivity contribution in [2.45, 2.75) is 18.9 Å². The van der Waals surface area contributed by atoms with Crippen molar-refractivity contribution >= 4 is 11.6 Å². The van der Waals surface area contributed by atoms with Crippen molar-refractivity contribution < 1.29 is 13.9 Å². The number of rotatable bonds is 3. The van der Waals surface area contributed by atoms with Gasteiger partial charge in [0.25, 0.3) is 6.43 Å². The molecule has 0 aromatic carbocycles. The lowest BCUT2D eigenvalue weighted by atomic mass is 10.0. The molecule has 1 aromatic rings. The molecule has 0 atom stereocenters. The number of halogens is 3. The summed E-state index contributed by atoms with van der Waals surface area (Å²) in [4.78, 5) is 3.65. The Morgan fingerprint density at radius 3 is 2.67 bits per heavy atom. The minimum atomic E-state index is -2.80. The summed E-state index contributed by atoms with van der Waals surface area (Å²) in [5.74, 6) is -0.182. The van der Waals surface area contributed by atoms with Crippen molar-refractivity contribution in [1.29, 1.82) is 5.26 Å². The van der Waals surface area contributed by atoms with Crippen LogP contribution in [0, 0.1) is 11.3 Å². The zero-order chi connectivity index (χ0) is 11.4. The SMILES string of the molecule is N#Cc1cnc(CCl)c(C(F)F)c1CO. The fraction of sp³-hybridized carbons (Fsp3) is 0.333. The Morgan fingerprint density at radius 1 is 1.60 bits per heavy atom. The highest BCUT2D eigenvalue weighted by Crippen LogP contribution is 2.28. The van der Waals surface area contributed by atoms with Gasteiger partial charge in [0.05, 0.1) is 23.7 Å². The Bertz CT molecular complexity index is 404. The number of hydrogen-bond donors (Lipinski definition) is 1. The summed E-state index contributed by atoms with van der Waals surface area (Å²) >= 11 is 5.44.